The lowest BCUT2D eigenvalue weighted by atomic mass is 9.95. The van der Waals surface area contributed by atoms with Crippen LogP contribution < -0.4 is 14.9 Å². The molecule has 1 atom stereocenters. The first kappa shape index (κ1) is 15.1. The van der Waals surface area contributed by atoms with Crippen molar-refractivity contribution < 1.29 is 24.7 Å². The molecule has 2 aromatic heterocycles. The molecule has 1 aromatic carbocycles. The van der Waals surface area contributed by atoms with Crippen molar-refractivity contribution in [2.75, 3.05) is 26.3 Å². The standard InChI is InChI=1S/C19H19N3O2/c23-19-16(4-3-14-2-1-7-21-17(14)19)18(15-5-8-20-9-6-15)22-10-12-24-13-11-22/h1-9,18,23H,10-13H2/p+3. The van der Waals surface area contributed by atoms with Crippen LogP contribution in [0.4, 0.5) is 0 Å². The molecule has 0 radical (unpaired) electrons. The van der Waals surface area contributed by atoms with Gasteiger partial charge in [0.25, 0.3) is 5.52 Å². The van der Waals surface area contributed by atoms with Crippen LogP contribution >= 0.6 is 0 Å². The molecule has 3 heterocycles. The van der Waals surface area contributed by atoms with Gasteiger partial charge in [0, 0.05) is 23.8 Å². The van der Waals surface area contributed by atoms with Crippen LogP contribution in [0.5, 0.6) is 5.75 Å². The number of ether oxygens (including phenoxy) is 1. The number of pyridine rings is 2. The predicted octanol–water partition coefficient (Wildman–Crippen LogP) is 0.178. The van der Waals surface area contributed by atoms with Gasteiger partial charge in [-0.15, -0.1) is 0 Å². The molecule has 0 saturated carbocycles. The van der Waals surface area contributed by atoms with Crippen molar-refractivity contribution in [2.24, 2.45) is 0 Å². The van der Waals surface area contributed by atoms with Crippen molar-refractivity contribution >= 4 is 10.9 Å². The highest BCUT2D eigenvalue weighted by atomic mass is 16.5. The van der Waals surface area contributed by atoms with Crippen LogP contribution in [-0.2, 0) is 4.74 Å². The number of phenolic OH excluding ortho intramolecular Hbond substituents is 1. The third-order valence-corrected chi connectivity index (χ3v) is 4.77. The Morgan fingerprint density at radius 3 is 2.58 bits per heavy atom. The lowest BCUT2D eigenvalue weighted by Crippen LogP contribution is -3.14. The number of fused-ring (bicyclic) bond motifs is 1. The minimum atomic E-state index is 0.0847. The van der Waals surface area contributed by atoms with E-state index in [0.717, 1.165) is 42.8 Å². The number of rotatable bonds is 3. The molecule has 1 unspecified atom stereocenters. The number of aromatic nitrogens is 2. The van der Waals surface area contributed by atoms with Crippen molar-refractivity contribution in [1.29, 1.82) is 0 Å². The number of quaternary nitrogens is 1. The second kappa shape index (κ2) is 6.55. The normalized spacial score (nSPS) is 17.0. The summed E-state index contributed by atoms with van der Waals surface area (Å²) in [5, 5.41) is 11.9. The van der Waals surface area contributed by atoms with Crippen LogP contribution in [0.25, 0.3) is 10.9 Å². The predicted molar refractivity (Wildman–Crippen MR) is 88.5 cm³/mol. The smallest absolute Gasteiger partial charge is 0.253 e. The largest absolute Gasteiger partial charge is 0.502 e. The van der Waals surface area contributed by atoms with Gasteiger partial charge in [0.05, 0.1) is 24.2 Å². The van der Waals surface area contributed by atoms with Crippen LogP contribution in [-0.4, -0.2) is 31.4 Å². The van der Waals surface area contributed by atoms with Gasteiger partial charge < -0.3 is 14.7 Å². The molecule has 0 amide bonds. The molecular weight excluding hydrogens is 302 g/mol. The van der Waals surface area contributed by atoms with Gasteiger partial charge in [-0.1, -0.05) is 0 Å². The molecule has 1 aliphatic heterocycles. The Hall–Kier alpha value is -2.50. The van der Waals surface area contributed by atoms with E-state index in [-0.39, 0.29) is 6.04 Å². The Bertz CT molecular complexity index is 832. The fourth-order valence-corrected chi connectivity index (χ4v) is 3.58. The van der Waals surface area contributed by atoms with Crippen LogP contribution in [0.2, 0.25) is 0 Å². The zero-order valence-corrected chi connectivity index (χ0v) is 13.5. The first-order valence-electron chi connectivity index (χ1n) is 8.35. The number of hydrogen-bond donors (Lipinski definition) is 2. The Labute approximate surface area is 140 Å². The molecule has 0 aliphatic carbocycles. The van der Waals surface area contributed by atoms with Gasteiger partial charge in [-0.2, -0.15) is 0 Å². The molecule has 5 nitrogen and oxygen atoms in total. The summed E-state index contributed by atoms with van der Waals surface area (Å²) >= 11 is 0. The molecule has 4 N–H and O–H groups in total. The maximum absolute atomic E-state index is 10.9. The lowest BCUT2D eigenvalue weighted by molar-refractivity contribution is -0.933. The van der Waals surface area contributed by atoms with Crippen LogP contribution in [0.3, 0.4) is 0 Å². The number of H-pyrrole nitrogens is 2. The number of phenols is 1. The maximum atomic E-state index is 10.9. The zero-order chi connectivity index (χ0) is 16.4. The summed E-state index contributed by atoms with van der Waals surface area (Å²) in [6, 6.07) is 12.3. The number of hydrogen-bond acceptors (Lipinski definition) is 2. The average Bonchev–Trinajstić information content (AvgIpc) is 2.66. The van der Waals surface area contributed by atoms with Crippen molar-refractivity contribution in [1.82, 2.24) is 0 Å². The Morgan fingerprint density at radius 1 is 1.00 bits per heavy atom. The Balaban J connectivity index is 1.85. The van der Waals surface area contributed by atoms with Crippen molar-refractivity contribution in [3.05, 3.63) is 66.1 Å². The van der Waals surface area contributed by atoms with Crippen LogP contribution in [0, 0.1) is 0 Å². The highest BCUT2D eigenvalue weighted by Gasteiger charge is 2.32. The summed E-state index contributed by atoms with van der Waals surface area (Å²) in [7, 11) is 0. The third kappa shape index (κ3) is 2.72. The second-order valence-electron chi connectivity index (χ2n) is 6.17. The van der Waals surface area contributed by atoms with Gasteiger partial charge in [-0.05, 0) is 18.2 Å². The molecule has 1 fully saturated rings. The molecule has 122 valence electrons. The van der Waals surface area contributed by atoms with Crippen LogP contribution in [0.15, 0.2) is 55.0 Å². The minimum absolute atomic E-state index is 0.0847. The zero-order valence-electron chi connectivity index (χ0n) is 13.5. The number of aromatic hydroxyl groups is 1. The summed E-state index contributed by atoms with van der Waals surface area (Å²) in [4.78, 5) is 7.68. The van der Waals surface area contributed by atoms with Crippen molar-refractivity contribution in [3.63, 3.8) is 0 Å². The third-order valence-electron chi connectivity index (χ3n) is 4.77. The number of morpholine rings is 1. The van der Waals surface area contributed by atoms with Gasteiger partial charge >= 0.3 is 0 Å². The minimum Gasteiger partial charge on any atom is -0.502 e. The lowest BCUT2D eigenvalue weighted by Gasteiger charge is -2.31. The SMILES string of the molecule is Oc1c(C(c2cc[nH+]cc2)[NH+]2CCOCC2)ccc2ccc[nH+]c12. The molecule has 24 heavy (non-hydrogen) atoms. The van der Waals surface area contributed by atoms with E-state index in [9.17, 15) is 5.11 Å². The average molecular weight is 324 g/mol. The quantitative estimate of drug-likeness (QED) is 0.722. The van der Waals surface area contributed by atoms with E-state index in [0.29, 0.717) is 5.75 Å². The molecule has 4 rings (SSSR count). The number of aromatic amines is 2. The molecule has 0 spiro atoms. The summed E-state index contributed by atoms with van der Waals surface area (Å²) in [6.07, 6.45) is 5.72. The van der Waals surface area contributed by atoms with Gasteiger partial charge in [0.2, 0.25) is 0 Å². The monoisotopic (exact) mass is 324 g/mol. The second-order valence-corrected chi connectivity index (χ2v) is 6.17. The molecule has 5 heteroatoms. The molecule has 3 aromatic rings. The van der Waals surface area contributed by atoms with Crippen LogP contribution in [0.1, 0.15) is 17.2 Å². The molecule has 1 saturated heterocycles. The van der Waals surface area contributed by atoms with E-state index in [1.807, 2.05) is 30.7 Å². The van der Waals surface area contributed by atoms with Gasteiger partial charge in [-0.3, -0.25) is 0 Å². The number of benzene rings is 1. The fraction of sp³-hybridized carbons (Fsp3) is 0.263. The highest BCUT2D eigenvalue weighted by Crippen LogP contribution is 2.31. The first-order valence-corrected chi connectivity index (χ1v) is 8.35. The summed E-state index contributed by atoms with van der Waals surface area (Å²) in [6.45, 7) is 3.37. The van der Waals surface area contributed by atoms with Gasteiger partial charge in [0.1, 0.15) is 19.1 Å². The van der Waals surface area contributed by atoms with E-state index in [2.05, 4.69) is 34.2 Å². The Morgan fingerprint density at radius 2 is 1.79 bits per heavy atom. The summed E-state index contributed by atoms with van der Waals surface area (Å²) in [5.41, 5.74) is 2.93. The van der Waals surface area contributed by atoms with E-state index < -0.39 is 0 Å². The van der Waals surface area contributed by atoms with Gasteiger partial charge in [-0.25, -0.2) is 9.97 Å². The van der Waals surface area contributed by atoms with E-state index in [1.165, 1.54) is 10.5 Å². The topological polar surface area (TPSA) is 62.2 Å². The Kier molecular flexibility index (Phi) is 4.11. The first-order chi connectivity index (χ1) is 11.8. The van der Waals surface area contributed by atoms with Crippen molar-refractivity contribution in [3.8, 4) is 5.75 Å². The maximum Gasteiger partial charge on any atom is 0.253 e. The summed E-state index contributed by atoms with van der Waals surface area (Å²) < 4.78 is 5.53. The molecule has 1 aliphatic rings. The van der Waals surface area contributed by atoms with Gasteiger partial charge in [0.15, 0.2) is 24.3 Å². The highest BCUT2D eigenvalue weighted by molar-refractivity contribution is 5.82. The van der Waals surface area contributed by atoms with E-state index >= 15 is 0 Å². The van der Waals surface area contributed by atoms with E-state index in [1.54, 1.807) is 0 Å². The molecule has 0 bridgehead atoms. The van der Waals surface area contributed by atoms with E-state index in [4.69, 9.17) is 4.74 Å². The number of nitrogens with one attached hydrogen (secondary N) is 3. The summed E-state index contributed by atoms with van der Waals surface area (Å²) in [5.74, 6) is 0.338. The van der Waals surface area contributed by atoms with Crippen molar-refractivity contribution in [2.45, 2.75) is 6.04 Å². The fourth-order valence-electron chi connectivity index (χ4n) is 3.58. The molecular formula is C19H22N3O2+3.